The van der Waals surface area contributed by atoms with Crippen molar-refractivity contribution in [3.63, 3.8) is 0 Å². The summed E-state index contributed by atoms with van der Waals surface area (Å²) in [4.78, 5) is 12.4. The molecule has 0 saturated heterocycles. The summed E-state index contributed by atoms with van der Waals surface area (Å²) >= 11 is 3.45. The molecule has 1 saturated carbocycles. The van der Waals surface area contributed by atoms with Crippen molar-refractivity contribution in [2.45, 2.75) is 18.3 Å². The average Bonchev–Trinajstić information content (AvgIpc) is 3.09. The Morgan fingerprint density at radius 2 is 2.21 bits per heavy atom. The van der Waals surface area contributed by atoms with E-state index in [2.05, 4.69) is 26.3 Å². The number of carbonyl (C=O) groups is 1. The smallest absolute Gasteiger partial charge is 0.236 e. The summed E-state index contributed by atoms with van der Waals surface area (Å²) in [6.45, 7) is 0. The molecule has 98 valence electrons. The fraction of sp³-hybridized carbons (Fsp3) is 0.286. The molecule has 4 nitrogen and oxygen atoms in total. The summed E-state index contributed by atoms with van der Waals surface area (Å²) < 4.78 is 2.68. The molecule has 1 aliphatic rings. The van der Waals surface area contributed by atoms with Crippen molar-refractivity contribution in [2.24, 2.45) is 7.05 Å². The number of nitrogens with zero attached hydrogens (tertiary/aromatic N) is 2. The number of aryl methyl sites for hydroxylation is 1. The predicted octanol–water partition coefficient (Wildman–Crippen LogP) is 2.85. The van der Waals surface area contributed by atoms with Gasteiger partial charge in [0, 0.05) is 23.8 Å². The molecule has 0 unspecified atom stereocenters. The number of benzene rings is 1. The monoisotopic (exact) mass is 319 g/mol. The second-order valence-electron chi connectivity index (χ2n) is 4.92. The molecular weight excluding hydrogens is 306 g/mol. The van der Waals surface area contributed by atoms with Gasteiger partial charge in [-0.1, -0.05) is 28.1 Å². The van der Waals surface area contributed by atoms with Crippen LogP contribution in [0.25, 0.3) is 0 Å². The molecule has 0 radical (unpaired) electrons. The van der Waals surface area contributed by atoms with Crippen LogP contribution in [0.4, 0.5) is 5.82 Å². The van der Waals surface area contributed by atoms with E-state index in [9.17, 15) is 4.79 Å². The van der Waals surface area contributed by atoms with Crippen LogP contribution in [0.15, 0.2) is 41.0 Å². The highest BCUT2D eigenvalue weighted by atomic mass is 79.9. The van der Waals surface area contributed by atoms with Crippen molar-refractivity contribution in [3.8, 4) is 0 Å². The number of anilines is 1. The van der Waals surface area contributed by atoms with Gasteiger partial charge in [-0.25, -0.2) is 0 Å². The fourth-order valence-electron chi connectivity index (χ4n) is 2.28. The van der Waals surface area contributed by atoms with Gasteiger partial charge in [-0.05, 0) is 30.5 Å². The molecule has 1 aliphatic carbocycles. The number of rotatable bonds is 3. The Bertz CT molecular complexity index is 631. The first-order valence-electron chi connectivity index (χ1n) is 6.17. The third-order valence-electron chi connectivity index (χ3n) is 3.52. The Hall–Kier alpha value is -1.62. The van der Waals surface area contributed by atoms with Crippen molar-refractivity contribution >= 4 is 27.7 Å². The normalized spacial score (nSPS) is 16.1. The van der Waals surface area contributed by atoms with E-state index in [0.29, 0.717) is 5.82 Å². The zero-order valence-corrected chi connectivity index (χ0v) is 12.1. The first kappa shape index (κ1) is 12.4. The van der Waals surface area contributed by atoms with Crippen molar-refractivity contribution in [2.75, 3.05) is 5.32 Å². The minimum absolute atomic E-state index is 0.0318. The number of halogens is 1. The largest absolute Gasteiger partial charge is 0.308 e. The Morgan fingerprint density at radius 1 is 1.42 bits per heavy atom. The third-order valence-corrected chi connectivity index (χ3v) is 4.01. The lowest BCUT2D eigenvalue weighted by atomic mass is 9.95. The molecule has 1 amide bonds. The second kappa shape index (κ2) is 4.49. The molecule has 0 aliphatic heterocycles. The van der Waals surface area contributed by atoms with Gasteiger partial charge in [-0.15, -0.1) is 0 Å². The first-order valence-corrected chi connectivity index (χ1v) is 6.97. The van der Waals surface area contributed by atoms with E-state index in [0.717, 1.165) is 22.9 Å². The molecular formula is C14H14BrN3O. The molecule has 2 aromatic rings. The van der Waals surface area contributed by atoms with Crippen molar-refractivity contribution < 1.29 is 4.79 Å². The Balaban J connectivity index is 1.83. The van der Waals surface area contributed by atoms with Crippen LogP contribution in [0.5, 0.6) is 0 Å². The Labute approximate surface area is 119 Å². The van der Waals surface area contributed by atoms with E-state index in [1.54, 1.807) is 10.7 Å². The number of aromatic nitrogens is 2. The number of nitrogens with one attached hydrogen (secondary N) is 1. The van der Waals surface area contributed by atoms with Gasteiger partial charge in [0.25, 0.3) is 0 Å². The highest BCUT2D eigenvalue weighted by Gasteiger charge is 2.51. The number of hydrogen-bond acceptors (Lipinski definition) is 2. The standard InChI is InChI=1S/C14H14BrN3O/c1-18-8-5-12(17-18)16-13(19)14(6-7-14)10-3-2-4-11(15)9-10/h2-5,8-9H,6-7H2,1H3,(H,16,17,19). The number of carbonyl (C=O) groups excluding carboxylic acids is 1. The van der Waals surface area contributed by atoms with Gasteiger partial charge >= 0.3 is 0 Å². The predicted molar refractivity (Wildman–Crippen MR) is 76.9 cm³/mol. The minimum Gasteiger partial charge on any atom is -0.308 e. The molecule has 3 rings (SSSR count). The van der Waals surface area contributed by atoms with Gasteiger partial charge in [0.2, 0.25) is 5.91 Å². The Morgan fingerprint density at radius 3 is 2.79 bits per heavy atom. The summed E-state index contributed by atoms with van der Waals surface area (Å²) in [5.41, 5.74) is 0.691. The van der Waals surface area contributed by atoms with E-state index < -0.39 is 0 Å². The van der Waals surface area contributed by atoms with Gasteiger partial charge in [-0.2, -0.15) is 5.10 Å². The van der Waals surface area contributed by atoms with E-state index in [1.165, 1.54) is 0 Å². The van der Waals surface area contributed by atoms with Gasteiger partial charge in [0.1, 0.15) is 0 Å². The molecule has 1 aromatic heterocycles. The lowest BCUT2D eigenvalue weighted by Crippen LogP contribution is -2.28. The van der Waals surface area contributed by atoms with Crippen LogP contribution in [-0.4, -0.2) is 15.7 Å². The van der Waals surface area contributed by atoms with Crippen LogP contribution < -0.4 is 5.32 Å². The van der Waals surface area contributed by atoms with Crippen molar-refractivity contribution in [3.05, 3.63) is 46.6 Å². The van der Waals surface area contributed by atoms with Gasteiger partial charge in [0.15, 0.2) is 5.82 Å². The third kappa shape index (κ3) is 2.30. The van der Waals surface area contributed by atoms with Crippen LogP contribution in [-0.2, 0) is 17.3 Å². The maximum absolute atomic E-state index is 12.4. The minimum atomic E-state index is -0.374. The van der Waals surface area contributed by atoms with E-state index in [4.69, 9.17) is 0 Å². The maximum Gasteiger partial charge on any atom is 0.236 e. The average molecular weight is 320 g/mol. The lowest BCUT2D eigenvalue weighted by Gasteiger charge is -2.15. The quantitative estimate of drug-likeness (QED) is 0.945. The van der Waals surface area contributed by atoms with Crippen LogP contribution >= 0.6 is 15.9 Å². The second-order valence-corrected chi connectivity index (χ2v) is 5.84. The number of amides is 1. The van der Waals surface area contributed by atoms with Gasteiger partial charge in [-0.3, -0.25) is 9.48 Å². The van der Waals surface area contributed by atoms with E-state index in [-0.39, 0.29) is 11.3 Å². The van der Waals surface area contributed by atoms with Crippen LogP contribution in [0.2, 0.25) is 0 Å². The highest BCUT2D eigenvalue weighted by Crippen LogP contribution is 2.49. The van der Waals surface area contributed by atoms with E-state index >= 15 is 0 Å². The fourth-order valence-corrected chi connectivity index (χ4v) is 2.67. The zero-order chi connectivity index (χ0) is 13.5. The molecule has 1 N–H and O–H groups in total. The van der Waals surface area contributed by atoms with E-state index in [1.807, 2.05) is 37.5 Å². The van der Waals surface area contributed by atoms with Crippen LogP contribution in [0, 0.1) is 0 Å². The molecule has 1 aromatic carbocycles. The summed E-state index contributed by atoms with van der Waals surface area (Å²) in [5, 5.41) is 7.08. The SMILES string of the molecule is Cn1ccc(NC(=O)C2(c3cccc(Br)c3)CC2)n1. The first-order chi connectivity index (χ1) is 9.10. The summed E-state index contributed by atoms with van der Waals surface area (Å²) in [7, 11) is 1.83. The van der Waals surface area contributed by atoms with Gasteiger partial charge in [0.05, 0.1) is 5.41 Å². The summed E-state index contributed by atoms with van der Waals surface area (Å²) in [6.07, 6.45) is 3.60. The number of hydrogen-bond donors (Lipinski definition) is 1. The molecule has 0 bridgehead atoms. The van der Waals surface area contributed by atoms with Crippen molar-refractivity contribution in [1.29, 1.82) is 0 Å². The van der Waals surface area contributed by atoms with Crippen LogP contribution in [0.1, 0.15) is 18.4 Å². The molecule has 0 spiro atoms. The lowest BCUT2D eigenvalue weighted by molar-refractivity contribution is -0.118. The molecule has 5 heteroatoms. The zero-order valence-electron chi connectivity index (χ0n) is 10.6. The molecule has 19 heavy (non-hydrogen) atoms. The highest BCUT2D eigenvalue weighted by molar-refractivity contribution is 9.10. The maximum atomic E-state index is 12.4. The van der Waals surface area contributed by atoms with Crippen molar-refractivity contribution in [1.82, 2.24) is 9.78 Å². The molecule has 1 heterocycles. The molecule has 1 fully saturated rings. The topological polar surface area (TPSA) is 46.9 Å². The molecule has 0 atom stereocenters. The summed E-state index contributed by atoms with van der Waals surface area (Å²) in [6, 6.07) is 9.76. The van der Waals surface area contributed by atoms with Gasteiger partial charge < -0.3 is 5.32 Å². The summed E-state index contributed by atoms with van der Waals surface area (Å²) in [5.74, 6) is 0.637. The Kier molecular flexibility index (Phi) is 2.93. The van der Waals surface area contributed by atoms with Crippen LogP contribution in [0.3, 0.4) is 0 Å².